The SMILES string of the molecule is CCCC1CCC(C2CCC(C(F)(F)Oc3ccc(O/C=C/C(F)(F)F)c(F)c3)CC2)CC1. The first-order chi connectivity index (χ1) is 15.6. The Morgan fingerprint density at radius 1 is 0.909 bits per heavy atom. The number of alkyl halides is 5. The number of rotatable bonds is 8. The van der Waals surface area contributed by atoms with Crippen LogP contribution in [0.3, 0.4) is 0 Å². The molecule has 2 saturated carbocycles. The number of hydrogen-bond donors (Lipinski definition) is 0. The minimum atomic E-state index is -4.60. The van der Waals surface area contributed by atoms with E-state index in [1.54, 1.807) is 0 Å². The van der Waals surface area contributed by atoms with Crippen LogP contribution in [0.2, 0.25) is 0 Å². The Morgan fingerprint density at radius 3 is 2.06 bits per heavy atom. The molecule has 33 heavy (non-hydrogen) atoms. The van der Waals surface area contributed by atoms with E-state index >= 15 is 0 Å². The van der Waals surface area contributed by atoms with Crippen molar-refractivity contribution in [1.29, 1.82) is 0 Å². The van der Waals surface area contributed by atoms with Gasteiger partial charge in [0.05, 0.1) is 18.3 Å². The Bertz CT molecular complexity index is 776. The van der Waals surface area contributed by atoms with Crippen LogP contribution in [0.4, 0.5) is 26.3 Å². The number of halogens is 6. The van der Waals surface area contributed by atoms with E-state index in [-0.39, 0.29) is 11.8 Å². The Hall–Kier alpha value is -1.86. The lowest BCUT2D eigenvalue weighted by molar-refractivity contribution is -0.224. The molecule has 1 aromatic carbocycles. The summed E-state index contributed by atoms with van der Waals surface area (Å²) < 4.78 is 89.3. The molecule has 0 radical (unpaired) electrons. The van der Waals surface area contributed by atoms with Crippen molar-refractivity contribution in [2.24, 2.45) is 23.7 Å². The fourth-order valence-corrected chi connectivity index (χ4v) is 5.35. The molecule has 0 bridgehead atoms. The molecule has 2 aliphatic rings. The first-order valence-electron chi connectivity index (χ1n) is 11.8. The van der Waals surface area contributed by atoms with E-state index in [0.717, 1.165) is 30.9 Å². The summed E-state index contributed by atoms with van der Waals surface area (Å²) in [7, 11) is 0. The first kappa shape index (κ1) is 25.8. The maximum Gasteiger partial charge on any atom is 0.412 e. The minimum Gasteiger partial charge on any atom is -0.462 e. The van der Waals surface area contributed by atoms with Crippen LogP contribution >= 0.6 is 0 Å². The Kier molecular flexibility index (Phi) is 8.62. The van der Waals surface area contributed by atoms with E-state index in [1.165, 1.54) is 38.5 Å². The van der Waals surface area contributed by atoms with Crippen LogP contribution in [0.1, 0.15) is 71.1 Å². The summed E-state index contributed by atoms with van der Waals surface area (Å²) >= 11 is 0. The lowest BCUT2D eigenvalue weighted by Crippen LogP contribution is -2.38. The van der Waals surface area contributed by atoms with E-state index in [4.69, 9.17) is 4.74 Å². The van der Waals surface area contributed by atoms with Crippen LogP contribution in [0, 0.1) is 29.5 Å². The smallest absolute Gasteiger partial charge is 0.412 e. The summed E-state index contributed by atoms with van der Waals surface area (Å²) in [5.41, 5.74) is 0. The predicted molar refractivity (Wildman–Crippen MR) is 114 cm³/mol. The second-order valence-electron chi connectivity index (χ2n) is 9.40. The van der Waals surface area contributed by atoms with Gasteiger partial charge in [-0.3, -0.25) is 0 Å². The highest BCUT2D eigenvalue weighted by Crippen LogP contribution is 2.46. The lowest BCUT2D eigenvalue weighted by atomic mass is 9.68. The van der Waals surface area contributed by atoms with E-state index < -0.39 is 29.8 Å². The predicted octanol–water partition coefficient (Wildman–Crippen LogP) is 8.67. The van der Waals surface area contributed by atoms with Crippen molar-refractivity contribution in [2.45, 2.75) is 83.4 Å². The van der Waals surface area contributed by atoms with E-state index in [1.807, 2.05) is 0 Å². The number of ether oxygens (including phenoxy) is 2. The van der Waals surface area contributed by atoms with Crippen molar-refractivity contribution in [3.8, 4) is 11.5 Å². The summed E-state index contributed by atoms with van der Waals surface area (Å²) in [6, 6.07) is 2.73. The molecular weight excluding hydrogens is 446 g/mol. The third kappa shape index (κ3) is 7.57. The van der Waals surface area contributed by atoms with Gasteiger partial charge in [-0.25, -0.2) is 4.39 Å². The maximum atomic E-state index is 14.8. The van der Waals surface area contributed by atoms with Crippen LogP contribution in [-0.2, 0) is 0 Å². The molecule has 2 aliphatic carbocycles. The van der Waals surface area contributed by atoms with Gasteiger partial charge < -0.3 is 9.47 Å². The zero-order chi connectivity index (χ0) is 24.1. The summed E-state index contributed by atoms with van der Waals surface area (Å²) in [6.45, 7) is 2.21. The molecule has 0 heterocycles. The van der Waals surface area contributed by atoms with E-state index in [2.05, 4.69) is 11.7 Å². The van der Waals surface area contributed by atoms with E-state index in [9.17, 15) is 26.3 Å². The number of benzene rings is 1. The highest BCUT2D eigenvalue weighted by molar-refractivity contribution is 5.33. The van der Waals surface area contributed by atoms with Crippen LogP contribution < -0.4 is 9.47 Å². The molecule has 1 aromatic rings. The maximum absolute atomic E-state index is 14.8. The molecule has 3 rings (SSSR count). The molecule has 8 heteroatoms. The highest BCUT2D eigenvalue weighted by Gasteiger charge is 2.45. The lowest BCUT2D eigenvalue weighted by Gasteiger charge is -2.39. The van der Waals surface area contributed by atoms with Crippen LogP contribution in [-0.4, -0.2) is 12.3 Å². The van der Waals surface area contributed by atoms with Crippen molar-refractivity contribution >= 4 is 0 Å². The zero-order valence-corrected chi connectivity index (χ0v) is 18.9. The van der Waals surface area contributed by atoms with Gasteiger partial charge in [0.25, 0.3) is 0 Å². The molecule has 0 unspecified atom stereocenters. The molecule has 2 nitrogen and oxygen atoms in total. The van der Waals surface area contributed by atoms with Gasteiger partial charge >= 0.3 is 12.3 Å². The fraction of sp³-hybridized carbons (Fsp3) is 0.680. The van der Waals surface area contributed by atoms with Gasteiger partial charge in [0.2, 0.25) is 0 Å². The number of allylic oxidation sites excluding steroid dienone is 1. The molecule has 0 aromatic heterocycles. The zero-order valence-electron chi connectivity index (χ0n) is 18.9. The fourth-order valence-electron chi connectivity index (χ4n) is 5.35. The quantitative estimate of drug-likeness (QED) is 0.275. The normalized spacial score (nSPS) is 27.0. The third-order valence-corrected chi connectivity index (χ3v) is 7.11. The van der Waals surface area contributed by atoms with Crippen molar-refractivity contribution in [3.63, 3.8) is 0 Å². The molecule has 0 aliphatic heterocycles. The molecular formula is C25H32F6O2. The van der Waals surface area contributed by atoms with Crippen molar-refractivity contribution in [1.82, 2.24) is 0 Å². The van der Waals surface area contributed by atoms with Gasteiger partial charge in [-0.05, 0) is 68.4 Å². The van der Waals surface area contributed by atoms with Crippen LogP contribution in [0.25, 0.3) is 0 Å². The Balaban J connectivity index is 1.50. The van der Waals surface area contributed by atoms with Crippen molar-refractivity contribution in [3.05, 3.63) is 36.4 Å². The molecule has 0 spiro atoms. The van der Waals surface area contributed by atoms with E-state index in [0.29, 0.717) is 37.0 Å². The van der Waals surface area contributed by atoms with Gasteiger partial charge in [-0.15, -0.1) is 0 Å². The van der Waals surface area contributed by atoms with Crippen molar-refractivity contribution < 1.29 is 35.8 Å². The molecule has 0 N–H and O–H groups in total. The topological polar surface area (TPSA) is 18.5 Å². The van der Waals surface area contributed by atoms with Crippen LogP contribution in [0.5, 0.6) is 11.5 Å². The summed E-state index contributed by atoms with van der Waals surface area (Å²) in [5.74, 6) is -1.00. The summed E-state index contributed by atoms with van der Waals surface area (Å²) in [6.07, 6.45) is 1.63. The Morgan fingerprint density at radius 2 is 1.52 bits per heavy atom. The van der Waals surface area contributed by atoms with Gasteiger partial charge in [0.15, 0.2) is 11.6 Å². The molecule has 186 valence electrons. The molecule has 0 atom stereocenters. The monoisotopic (exact) mass is 478 g/mol. The standard InChI is InChI=1S/C25H32F6O2/c1-2-3-17-4-6-18(7-5-17)19-8-10-20(11-9-19)25(30,31)33-21-12-13-23(22(26)16-21)32-15-14-24(27,28)29/h12-20H,2-11H2,1H3/b15-14+. The Labute approximate surface area is 191 Å². The largest absolute Gasteiger partial charge is 0.462 e. The minimum absolute atomic E-state index is 0.196. The van der Waals surface area contributed by atoms with Gasteiger partial charge in [-0.1, -0.05) is 32.6 Å². The second-order valence-corrected chi connectivity index (χ2v) is 9.40. The molecule has 0 saturated heterocycles. The number of hydrogen-bond acceptors (Lipinski definition) is 2. The first-order valence-corrected chi connectivity index (χ1v) is 11.8. The van der Waals surface area contributed by atoms with Gasteiger partial charge in [0, 0.05) is 6.07 Å². The summed E-state index contributed by atoms with van der Waals surface area (Å²) in [5, 5.41) is 0. The average Bonchev–Trinajstić information content (AvgIpc) is 2.75. The molecule has 0 amide bonds. The third-order valence-electron chi connectivity index (χ3n) is 7.11. The molecule has 2 fully saturated rings. The summed E-state index contributed by atoms with van der Waals surface area (Å²) in [4.78, 5) is 0. The highest BCUT2D eigenvalue weighted by atomic mass is 19.4. The van der Waals surface area contributed by atoms with Crippen molar-refractivity contribution in [2.75, 3.05) is 0 Å². The second kappa shape index (κ2) is 11.0. The van der Waals surface area contributed by atoms with Crippen LogP contribution in [0.15, 0.2) is 30.5 Å². The van der Waals surface area contributed by atoms with Gasteiger partial charge in [0.1, 0.15) is 5.75 Å². The van der Waals surface area contributed by atoms with Gasteiger partial charge in [-0.2, -0.15) is 22.0 Å². The average molecular weight is 479 g/mol.